The van der Waals surface area contributed by atoms with Crippen LogP contribution in [0.2, 0.25) is 0 Å². The Morgan fingerprint density at radius 2 is 1.79 bits per heavy atom. The first-order chi connectivity index (χ1) is 9.15. The maximum Gasteiger partial charge on any atom is 0.0361 e. The molecule has 0 saturated heterocycles. The van der Waals surface area contributed by atoms with Crippen molar-refractivity contribution in [1.82, 2.24) is 5.32 Å². The Morgan fingerprint density at radius 3 is 2.37 bits per heavy atom. The van der Waals surface area contributed by atoms with E-state index in [0.29, 0.717) is 6.04 Å². The number of unbranched alkanes of at least 4 members (excludes halogenated alkanes) is 2. The molecule has 19 heavy (non-hydrogen) atoms. The number of hydrogen-bond acceptors (Lipinski definition) is 3. The molecule has 0 aromatic heterocycles. The summed E-state index contributed by atoms with van der Waals surface area (Å²) < 4.78 is 0. The third-order valence-electron chi connectivity index (χ3n) is 3.39. The second kappa shape index (κ2) is 9.27. The molecule has 3 heteroatoms. The number of benzene rings is 1. The second-order valence-corrected chi connectivity index (χ2v) is 6.20. The smallest absolute Gasteiger partial charge is 0.0361 e. The highest BCUT2D eigenvalue weighted by Crippen LogP contribution is 2.17. The van der Waals surface area contributed by atoms with Crippen LogP contribution in [0.25, 0.3) is 0 Å². The second-order valence-electron chi connectivity index (χ2n) is 5.22. The highest BCUT2D eigenvalue weighted by atomic mass is 32.2. The van der Waals surface area contributed by atoms with Gasteiger partial charge in [0.2, 0.25) is 0 Å². The van der Waals surface area contributed by atoms with Gasteiger partial charge >= 0.3 is 0 Å². The minimum Gasteiger partial charge on any atom is -0.378 e. The molecule has 0 fully saturated rings. The topological polar surface area (TPSA) is 15.3 Å². The van der Waals surface area contributed by atoms with E-state index in [-0.39, 0.29) is 0 Å². The van der Waals surface area contributed by atoms with Gasteiger partial charge in [0.15, 0.2) is 0 Å². The van der Waals surface area contributed by atoms with Crippen molar-refractivity contribution in [1.29, 1.82) is 0 Å². The fourth-order valence-electron chi connectivity index (χ4n) is 2.05. The molecule has 0 aliphatic rings. The van der Waals surface area contributed by atoms with Gasteiger partial charge in [0, 0.05) is 25.8 Å². The molecule has 1 rings (SSSR count). The van der Waals surface area contributed by atoms with Crippen LogP contribution in [0.5, 0.6) is 0 Å². The van der Waals surface area contributed by atoms with E-state index < -0.39 is 0 Å². The van der Waals surface area contributed by atoms with Crippen molar-refractivity contribution < 1.29 is 0 Å². The molecule has 0 heterocycles. The predicted molar refractivity (Wildman–Crippen MR) is 89.4 cm³/mol. The lowest BCUT2D eigenvalue weighted by Crippen LogP contribution is -2.20. The van der Waals surface area contributed by atoms with Gasteiger partial charge in [-0.1, -0.05) is 18.6 Å². The van der Waals surface area contributed by atoms with E-state index in [9.17, 15) is 0 Å². The minimum atomic E-state index is 0.441. The molecule has 1 aromatic rings. The maximum atomic E-state index is 3.60. The van der Waals surface area contributed by atoms with Crippen LogP contribution in [0.15, 0.2) is 24.3 Å². The van der Waals surface area contributed by atoms with Crippen LogP contribution in [-0.4, -0.2) is 32.6 Å². The van der Waals surface area contributed by atoms with Crippen LogP contribution in [0, 0.1) is 0 Å². The average molecular weight is 280 g/mol. The molecule has 0 aliphatic carbocycles. The first-order valence-corrected chi connectivity index (χ1v) is 8.54. The molecule has 0 spiro atoms. The van der Waals surface area contributed by atoms with Gasteiger partial charge in [0.25, 0.3) is 0 Å². The molecule has 0 radical (unpaired) electrons. The average Bonchev–Trinajstić information content (AvgIpc) is 2.42. The Kier molecular flexibility index (Phi) is 7.99. The lowest BCUT2D eigenvalue weighted by atomic mass is 10.1. The van der Waals surface area contributed by atoms with E-state index in [1.54, 1.807) is 0 Å². The van der Waals surface area contributed by atoms with E-state index in [4.69, 9.17) is 0 Å². The molecule has 1 atom stereocenters. The first-order valence-electron chi connectivity index (χ1n) is 7.14. The molecule has 0 saturated carbocycles. The highest BCUT2D eigenvalue weighted by molar-refractivity contribution is 7.98. The number of nitrogens with zero attached hydrogens (tertiary/aromatic N) is 1. The van der Waals surface area contributed by atoms with Gasteiger partial charge in [-0.3, -0.25) is 0 Å². The fraction of sp³-hybridized carbons (Fsp3) is 0.625. The van der Waals surface area contributed by atoms with E-state index in [0.717, 1.165) is 6.54 Å². The molecular weight excluding hydrogens is 252 g/mol. The zero-order valence-corrected chi connectivity index (χ0v) is 13.6. The standard InChI is InChI=1S/C16H28N2S/c1-14(17-12-6-5-7-13-19-4)15-8-10-16(11-9-15)18(2)3/h8-11,14,17H,5-7,12-13H2,1-4H3. The van der Waals surface area contributed by atoms with Crippen LogP contribution < -0.4 is 10.2 Å². The van der Waals surface area contributed by atoms with Gasteiger partial charge in [-0.15, -0.1) is 0 Å². The predicted octanol–water partition coefficient (Wildman–Crippen LogP) is 3.94. The molecule has 1 aromatic carbocycles. The van der Waals surface area contributed by atoms with Gasteiger partial charge in [-0.05, 0) is 56.0 Å². The van der Waals surface area contributed by atoms with Gasteiger partial charge in [0.05, 0.1) is 0 Å². The number of hydrogen-bond donors (Lipinski definition) is 1. The van der Waals surface area contributed by atoms with Crippen molar-refractivity contribution in [2.75, 3.05) is 37.5 Å². The van der Waals surface area contributed by atoms with Crippen LogP contribution >= 0.6 is 11.8 Å². The van der Waals surface area contributed by atoms with Crippen LogP contribution in [0.4, 0.5) is 5.69 Å². The molecule has 0 aliphatic heterocycles. The molecule has 0 amide bonds. The summed E-state index contributed by atoms with van der Waals surface area (Å²) in [6.45, 7) is 3.36. The Hall–Kier alpha value is -0.670. The maximum absolute atomic E-state index is 3.60. The van der Waals surface area contributed by atoms with E-state index >= 15 is 0 Å². The van der Waals surface area contributed by atoms with Gasteiger partial charge in [-0.25, -0.2) is 0 Å². The minimum absolute atomic E-state index is 0.441. The van der Waals surface area contributed by atoms with Gasteiger partial charge < -0.3 is 10.2 Å². The summed E-state index contributed by atoms with van der Waals surface area (Å²) in [6, 6.07) is 9.26. The lowest BCUT2D eigenvalue weighted by Gasteiger charge is -2.17. The summed E-state index contributed by atoms with van der Waals surface area (Å²) in [4.78, 5) is 2.13. The van der Waals surface area contributed by atoms with Crippen molar-refractivity contribution in [2.45, 2.75) is 32.2 Å². The zero-order chi connectivity index (χ0) is 14.1. The van der Waals surface area contributed by atoms with Crippen molar-refractivity contribution in [3.8, 4) is 0 Å². The van der Waals surface area contributed by atoms with Crippen molar-refractivity contribution in [3.63, 3.8) is 0 Å². The number of anilines is 1. The number of nitrogens with one attached hydrogen (secondary N) is 1. The molecule has 0 bridgehead atoms. The third kappa shape index (κ3) is 6.35. The monoisotopic (exact) mass is 280 g/mol. The molecule has 1 N–H and O–H groups in total. The van der Waals surface area contributed by atoms with Crippen molar-refractivity contribution in [2.24, 2.45) is 0 Å². The van der Waals surface area contributed by atoms with Crippen LogP contribution in [-0.2, 0) is 0 Å². The number of thioether (sulfide) groups is 1. The molecule has 2 nitrogen and oxygen atoms in total. The summed E-state index contributed by atoms with van der Waals surface area (Å²) in [5.41, 5.74) is 2.63. The molecular formula is C16H28N2S. The Morgan fingerprint density at radius 1 is 1.11 bits per heavy atom. The Labute approximate surface area is 123 Å². The van der Waals surface area contributed by atoms with Gasteiger partial charge in [0.1, 0.15) is 0 Å². The third-order valence-corrected chi connectivity index (χ3v) is 4.08. The van der Waals surface area contributed by atoms with E-state index in [2.05, 4.69) is 61.8 Å². The normalized spacial score (nSPS) is 12.4. The highest BCUT2D eigenvalue weighted by Gasteiger charge is 2.04. The summed E-state index contributed by atoms with van der Waals surface area (Å²) in [5.74, 6) is 1.29. The van der Waals surface area contributed by atoms with E-state index in [1.165, 1.54) is 36.3 Å². The first kappa shape index (κ1) is 16.4. The summed E-state index contributed by atoms with van der Waals surface area (Å²) in [6.07, 6.45) is 6.13. The molecule has 108 valence electrons. The summed E-state index contributed by atoms with van der Waals surface area (Å²) in [5, 5.41) is 3.60. The summed E-state index contributed by atoms with van der Waals surface area (Å²) >= 11 is 1.94. The van der Waals surface area contributed by atoms with Crippen LogP contribution in [0.1, 0.15) is 37.8 Å². The van der Waals surface area contributed by atoms with Gasteiger partial charge in [-0.2, -0.15) is 11.8 Å². The number of rotatable bonds is 9. The zero-order valence-electron chi connectivity index (χ0n) is 12.8. The summed E-state index contributed by atoms with van der Waals surface area (Å²) in [7, 11) is 4.15. The quantitative estimate of drug-likeness (QED) is 0.690. The van der Waals surface area contributed by atoms with Crippen LogP contribution in [0.3, 0.4) is 0 Å². The Balaban J connectivity index is 2.27. The van der Waals surface area contributed by atoms with Crippen molar-refractivity contribution >= 4 is 17.4 Å². The fourth-order valence-corrected chi connectivity index (χ4v) is 2.54. The van der Waals surface area contributed by atoms with Crippen molar-refractivity contribution in [3.05, 3.63) is 29.8 Å². The SMILES string of the molecule is CSCCCCCNC(C)c1ccc(N(C)C)cc1. The van der Waals surface area contributed by atoms with E-state index in [1.807, 2.05) is 11.8 Å². The largest absolute Gasteiger partial charge is 0.378 e. The Bertz CT molecular complexity index is 335. The molecule has 1 unspecified atom stereocenters. The lowest BCUT2D eigenvalue weighted by molar-refractivity contribution is 0.545.